The second-order valence-electron chi connectivity index (χ2n) is 9.51. The van der Waals surface area contributed by atoms with Crippen molar-refractivity contribution >= 4 is 38.4 Å². The standard InChI is InChI=1S/C33H30N2.3Y/c1-34-20-32-26-15-7-3-11-22(26)30(23-12-4-8-16-27(23)32)19-31-24-13-5-9-17-28(24)33(21-35-2)29-18-10-6-14-25(29)31;;;/h3-9,11-17H,10,18-21H2,1-2H3;;;/q-2;;;. The van der Waals surface area contributed by atoms with Gasteiger partial charge >= 0.3 is 0 Å². The summed E-state index contributed by atoms with van der Waals surface area (Å²) in [6.45, 7) is 1.51. The first kappa shape index (κ1) is 32.4. The van der Waals surface area contributed by atoms with Gasteiger partial charge in [0.2, 0.25) is 0 Å². The molecule has 0 bridgehead atoms. The summed E-state index contributed by atoms with van der Waals surface area (Å²) in [6.07, 6.45) is 7.81. The summed E-state index contributed by atoms with van der Waals surface area (Å²) in [6, 6.07) is 26.7. The molecule has 38 heavy (non-hydrogen) atoms. The predicted octanol–water partition coefficient (Wildman–Crippen LogP) is 8.70. The van der Waals surface area contributed by atoms with E-state index in [2.05, 4.69) is 95.6 Å². The average Bonchev–Trinajstić information content (AvgIpc) is 2.92. The van der Waals surface area contributed by atoms with Crippen molar-refractivity contribution in [3.05, 3.63) is 123 Å². The summed E-state index contributed by atoms with van der Waals surface area (Å²) >= 11 is 0. The van der Waals surface area contributed by atoms with E-state index in [4.69, 9.17) is 0 Å². The smallest absolute Gasteiger partial charge is 0 e. The number of benzene rings is 5. The Labute approximate surface area is 301 Å². The Morgan fingerprint density at radius 2 is 0.974 bits per heavy atom. The third kappa shape index (κ3) is 5.91. The minimum atomic E-state index is 0. The monoisotopic (exact) mass is 721 g/mol. The Bertz CT molecular complexity index is 1550. The van der Waals surface area contributed by atoms with Crippen LogP contribution >= 0.6 is 0 Å². The van der Waals surface area contributed by atoms with Gasteiger partial charge in [0, 0.05) is 98.1 Å². The third-order valence-electron chi connectivity index (χ3n) is 7.58. The summed E-state index contributed by atoms with van der Waals surface area (Å²) in [4.78, 5) is 0. The molecule has 5 heteroatoms. The predicted molar refractivity (Wildman–Crippen MR) is 152 cm³/mol. The first-order valence-electron chi connectivity index (χ1n) is 12.6. The van der Waals surface area contributed by atoms with E-state index in [0.717, 1.165) is 32.4 Å². The van der Waals surface area contributed by atoms with Gasteiger partial charge in [0.15, 0.2) is 0 Å². The molecule has 0 unspecified atom stereocenters. The molecule has 0 spiro atoms. The molecule has 183 valence electrons. The molecule has 3 radical (unpaired) electrons. The van der Waals surface area contributed by atoms with Crippen molar-refractivity contribution in [1.82, 2.24) is 0 Å². The molecule has 1 aliphatic rings. The van der Waals surface area contributed by atoms with Gasteiger partial charge in [0.25, 0.3) is 0 Å². The van der Waals surface area contributed by atoms with E-state index >= 15 is 0 Å². The molecule has 0 aromatic heterocycles. The van der Waals surface area contributed by atoms with Crippen molar-refractivity contribution in [2.24, 2.45) is 0 Å². The Kier molecular flexibility index (Phi) is 12.5. The molecule has 0 atom stereocenters. The minimum absolute atomic E-state index is 0. The summed E-state index contributed by atoms with van der Waals surface area (Å²) < 4.78 is 0. The van der Waals surface area contributed by atoms with Crippen LogP contribution in [0.4, 0.5) is 0 Å². The first-order chi connectivity index (χ1) is 17.3. The second-order valence-corrected chi connectivity index (χ2v) is 9.51. The molecule has 0 aliphatic heterocycles. The van der Waals surface area contributed by atoms with Crippen LogP contribution in [0, 0.1) is 0 Å². The van der Waals surface area contributed by atoms with E-state index in [0.29, 0.717) is 0 Å². The number of fused-ring (bicyclic) bond motifs is 4. The topological polar surface area (TPSA) is 28.2 Å². The molecule has 0 saturated carbocycles. The molecule has 0 fully saturated rings. The minimum Gasteiger partial charge on any atom is -0.661 e. The van der Waals surface area contributed by atoms with Crippen LogP contribution in [-0.4, -0.2) is 14.1 Å². The number of hydrogen-bond donors (Lipinski definition) is 0. The summed E-state index contributed by atoms with van der Waals surface area (Å²) in [5.41, 5.74) is 8.48. The van der Waals surface area contributed by atoms with Crippen LogP contribution in [-0.2, 0) is 124 Å². The molecule has 2 nitrogen and oxygen atoms in total. The van der Waals surface area contributed by atoms with Crippen molar-refractivity contribution in [2.45, 2.75) is 32.4 Å². The van der Waals surface area contributed by atoms with E-state index < -0.39 is 0 Å². The Morgan fingerprint density at radius 1 is 0.553 bits per heavy atom. The van der Waals surface area contributed by atoms with Gasteiger partial charge in [-0.1, -0.05) is 96.1 Å². The van der Waals surface area contributed by atoms with Gasteiger partial charge in [0.05, 0.1) is 0 Å². The average molecular weight is 721 g/mol. The van der Waals surface area contributed by atoms with Crippen LogP contribution < -0.4 is 0 Å². The zero-order valence-corrected chi connectivity index (χ0v) is 30.8. The fraction of sp³-hybridized carbons (Fsp3) is 0.212. The van der Waals surface area contributed by atoms with E-state index in [-0.39, 0.29) is 98.1 Å². The number of rotatable bonds is 6. The molecular weight excluding hydrogens is 691 g/mol. The van der Waals surface area contributed by atoms with Crippen molar-refractivity contribution in [3.63, 3.8) is 0 Å². The van der Waals surface area contributed by atoms with Gasteiger partial charge in [-0.05, 0) is 73.8 Å². The maximum atomic E-state index is 4.55. The van der Waals surface area contributed by atoms with Crippen LogP contribution in [0.2, 0.25) is 0 Å². The molecule has 5 aromatic rings. The summed E-state index contributed by atoms with van der Waals surface area (Å²) in [5.74, 6) is 0. The number of allylic oxidation sites excluding steroid dienone is 1. The van der Waals surface area contributed by atoms with Crippen molar-refractivity contribution in [1.29, 1.82) is 0 Å². The van der Waals surface area contributed by atoms with Gasteiger partial charge in [-0.15, -0.1) is 13.1 Å². The van der Waals surface area contributed by atoms with Crippen LogP contribution in [0.15, 0.2) is 78.9 Å². The number of nitrogens with zero attached hydrogens (tertiary/aromatic N) is 2. The fourth-order valence-corrected chi connectivity index (χ4v) is 6.11. The zero-order valence-electron chi connectivity index (χ0n) is 22.2. The zero-order chi connectivity index (χ0) is 23.8. The van der Waals surface area contributed by atoms with Gasteiger partial charge in [-0.3, -0.25) is 0 Å². The molecule has 1 aliphatic carbocycles. The molecule has 0 heterocycles. The quantitative estimate of drug-likeness (QED) is 0.157. The van der Waals surface area contributed by atoms with Crippen LogP contribution in [0.25, 0.3) is 49.0 Å². The van der Waals surface area contributed by atoms with E-state index in [1.54, 1.807) is 0 Å². The molecule has 0 saturated heterocycles. The molecule has 0 amide bonds. The van der Waals surface area contributed by atoms with Gasteiger partial charge in [0.1, 0.15) is 0 Å². The van der Waals surface area contributed by atoms with Crippen LogP contribution in [0.5, 0.6) is 0 Å². The summed E-state index contributed by atoms with van der Waals surface area (Å²) in [5, 5.41) is 17.1. The normalized spacial score (nSPS) is 12.1. The van der Waals surface area contributed by atoms with Crippen LogP contribution in [0.3, 0.4) is 0 Å². The Morgan fingerprint density at radius 3 is 1.47 bits per heavy atom. The van der Waals surface area contributed by atoms with Gasteiger partial charge in [-0.25, -0.2) is 0 Å². The Balaban J connectivity index is 0.00000133. The molecular formula is C33H30N2Y3-2. The second kappa shape index (κ2) is 14.7. The van der Waals surface area contributed by atoms with Crippen LogP contribution in [0.1, 0.15) is 39.8 Å². The molecule has 0 N–H and O–H groups in total. The Hall–Kier alpha value is -0.148. The molecule has 6 rings (SSSR count). The SMILES string of the molecule is C[N-]Cc1c2c(c(Cc3c4ccccc4c(C[N-]C)c4ccccc34)c3ccccc13)C=CCC2.[Y].[Y].[Y]. The maximum Gasteiger partial charge on any atom is 0 e. The maximum absolute atomic E-state index is 4.55. The largest absolute Gasteiger partial charge is 0.661 e. The van der Waals surface area contributed by atoms with Crippen molar-refractivity contribution in [3.8, 4) is 0 Å². The van der Waals surface area contributed by atoms with E-state index in [1.807, 2.05) is 14.1 Å². The van der Waals surface area contributed by atoms with Crippen molar-refractivity contribution < 1.29 is 98.1 Å². The van der Waals surface area contributed by atoms with E-state index in [9.17, 15) is 0 Å². The fourth-order valence-electron chi connectivity index (χ4n) is 6.11. The molecule has 5 aromatic carbocycles. The number of hydrogen-bond acceptors (Lipinski definition) is 0. The van der Waals surface area contributed by atoms with Gasteiger partial charge in [-0.2, -0.15) is 14.1 Å². The van der Waals surface area contributed by atoms with Crippen molar-refractivity contribution in [2.75, 3.05) is 14.1 Å². The van der Waals surface area contributed by atoms with E-state index in [1.165, 1.54) is 65.7 Å². The third-order valence-corrected chi connectivity index (χ3v) is 7.58. The first-order valence-corrected chi connectivity index (χ1v) is 12.6. The van der Waals surface area contributed by atoms with Gasteiger partial charge < -0.3 is 10.6 Å². The summed E-state index contributed by atoms with van der Waals surface area (Å²) in [7, 11) is 3.84.